The highest BCUT2D eigenvalue weighted by Crippen LogP contribution is 2.52. The summed E-state index contributed by atoms with van der Waals surface area (Å²) in [5.74, 6) is 0.592. The largest absolute Gasteiger partial charge is 0.444 e. The van der Waals surface area contributed by atoms with E-state index in [4.69, 9.17) is 26.8 Å². The van der Waals surface area contributed by atoms with E-state index in [0.717, 1.165) is 22.4 Å². The molecule has 1 aliphatic carbocycles. The van der Waals surface area contributed by atoms with Gasteiger partial charge in [-0.1, -0.05) is 23.7 Å². The molecule has 3 heterocycles. The van der Waals surface area contributed by atoms with Gasteiger partial charge in [-0.05, 0) is 63.8 Å². The van der Waals surface area contributed by atoms with Crippen LogP contribution >= 0.6 is 11.6 Å². The molecule has 1 aromatic carbocycles. The standard InChI is InChI=1S/C29H38ClN7O4/c1-27(2,3)41-26(39)36-28(9-13-37(14-10-28)24-22-8-12-32-23(22)33-18-34-24)25(38)35-29(16-20(29)17-40-15-11-31)19-4-6-21(30)7-5-19/h4-8,12,18,20H,9-11,13-17,31H2,1-3H3,(H,35,38)(H,36,39)(H,32,33,34)/t20-,29-/m0/s1. The van der Waals surface area contributed by atoms with Crippen molar-refractivity contribution in [2.45, 2.75) is 56.7 Å². The lowest BCUT2D eigenvalue weighted by Gasteiger charge is -2.42. The molecule has 1 saturated heterocycles. The van der Waals surface area contributed by atoms with Crippen molar-refractivity contribution in [1.82, 2.24) is 25.6 Å². The molecular weight excluding hydrogens is 546 g/mol. The number of hydrogen-bond donors (Lipinski definition) is 4. The van der Waals surface area contributed by atoms with Crippen LogP contribution in [0.4, 0.5) is 10.6 Å². The number of rotatable bonds is 9. The van der Waals surface area contributed by atoms with Gasteiger partial charge in [0.15, 0.2) is 0 Å². The van der Waals surface area contributed by atoms with E-state index in [-0.39, 0.29) is 11.8 Å². The van der Waals surface area contributed by atoms with Crippen molar-refractivity contribution in [3.63, 3.8) is 0 Å². The van der Waals surface area contributed by atoms with Gasteiger partial charge in [0, 0.05) is 36.8 Å². The normalized spacial score (nSPS) is 21.9. The van der Waals surface area contributed by atoms with Crippen molar-refractivity contribution in [2.24, 2.45) is 11.7 Å². The fraction of sp³-hybridized carbons (Fsp3) is 0.517. The van der Waals surface area contributed by atoms with Gasteiger partial charge < -0.3 is 35.7 Å². The highest BCUT2D eigenvalue weighted by atomic mass is 35.5. The topological polar surface area (TPSA) is 147 Å². The highest BCUT2D eigenvalue weighted by molar-refractivity contribution is 6.30. The number of carbonyl (C=O) groups is 2. The van der Waals surface area contributed by atoms with Crippen molar-refractivity contribution in [3.8, 4) is 0 Å². The summed E-state index contributed by atoms with van der Waals surface area (Å²) in [6.45, 7) is 7.71. The van der Waals surface area contributed by atoms with Crippen LogP contribution < -0.4 is 21.3 Å². The lowest BCUT2D eigenvalue weighted by Crippen LogP contribution is -2.65. The van der Waals surface area contributed by atoms with E-state index in [1.165, 1.54) is 6.33 Å². The van der Waals surface area contributed by atoms with Crippen LogP contribution in [0.5, 0.6) is 0 Å². The fourth-order valence-corrected chi connectivity index (χ4v) is 5.73. The molecule has 1 aliphatic heterocycles. The molecule has 2 fully saturated rings. The van der Waals surface area contributed by atoms with Gasteiger partial charge in [-0.2, -0.15) is 0 Å². The SMILES string of the molecule is CC(C)(C)OC(=O)NC1(C(=O)N[C@]2(c3ccc(Cl)cc3)C[C@H]2COCCN)CCN(c2ncnc3[nH]ccc23)CC1. The van der Waals surface area contributed by atoms with Crippen LogP contribution in [0.3, 0.4) is 0 Å². The number of alkyl carbamates (subject to hydrolysis) is 1. The van der Waals surface area contributed by atoms with Crippen molar-refractivity contribution >= 4 is 40.5 Å². The highest BCUT2D eigenvalue weighted by Gasteiger charge is 2.58. The van der Waals surface area contributed by atoms with E-state index in [0.29, 0.717) is 57.1 Å². The molecule has 41 heavy (non-hydrogen) atoms. The molecule has 2 atom stereocenters. The number of carbonyl (C=O) groups excluding carboxylic acids is 2. The van der Waals surface area contributed by atoms with Gasteiger partial charge in [0.2, 0.25) is 5.91 Å². The predicted molar refractivity (Wildman–Crippen MR) is 157 cm³/mol. The molecule has 2 aromatic heterocycles. The van der Waals surface area contributed by atoms with Gasteiger partial charge in [-0.25, -0.2) is 14.8 Å². The van der Waals surface area contributed by atoms with Crippen LogP contribution in [-0.4, -0.2) is 70.9 Å². The molecular formula is C29H38ClN7O4. The van der Waals surface area contributed by atoms with Crippen molar-refractivity contribution < 1.29 is 19.1 Å². The number of ether oxygens (including phenoxy) is 2. The average molecular weight is 584 g/mol. The number of H-pyrrole nitrogens is 1. The molecule has 2 amide bonds. The third-order valence-electron chi connectivity index (χ3n) is 7.81. The third-order valence-corrected chi connectivity index (χ3v) is 8.06. The van der Waals surface area contributed by atoms with Crippen LogP contribution in [0.25, 0.3) is 11.0 Å². The summed E-state index contributed by atoms with van der Waals surface area (Å²) in [5.41, 5.74) is 4.77. The zero-order chi connectivity index (χ0) is 29.3. The summed E-state index contributed by atoms with van der Waals surface area (Å²) in [7, 11) is 0. The smallest absolute Gasteiger partial charge is 0.408 e. The Labute approximate surface area is 244 Å². The molecule has 3 aromatic rings. The maximum Gasteiger partial charge on any atom is 0.408 e. The van der Waals surface area contributed by atoms with Crippen molar-refractivity contribution in [1.29, 1.82) is 0 Å². The molecule has 220 valence electrons. The maximum atomic E-state index is 14.3. The summed E-state index contributed by atoms with van der Waals surface area (Å²) >= 11 is 6.17. The van der Waals surface area contributed by atoms with E-state index in [2.05, 4.69) is 30.5 Å². The number of nitrogens with zero attached hydrogens (tertiary/aromatic N) is 3. The number of amides is 2. The summed E-state index contributed by atoms with van der Waals surface area (Å²) in [4.78, 5) is 41.4. The number of nitrogens with one attached hydrogen (secondary N) is 3. The molecule has 0 spiro atoms. The Bertz CT molecular complexity index is 1380. The van der Waals surface area contributed by atoms with Gasteiger partial charge in [0.1, 0.15) is 28.9 Å². The number of piperidine rings is 1. The van der Waals surface area contributed by atoms with E-state index < -0.39 is 22.8 Å². The Hall–Kier alpha value is -3.41. The first-order chi connectivity index (χ1) is 19.6. The molecule has 2 aliphatic rings. The predicted octanol–water partition coefficient (Wildman–Crippen LogP) is 3.48. The van der Waals surface area contributed by atoms with Gasteiger partial charge in [0.05, 0.1) is 24.1 Å². The first-order valence-electron chi connectivity index (χ1n) is 14.0. The average Bonchev–Trinajstić information content (AvgIpc) is 3.38. The summed E-state index contributed by atoms with van der Waals surface area (Å²) in [6, 6.07) is 9.43. The Morgan fingerprint density at radius 3 is 2.56 bits per heavy atom. The molecule has 5 rings (SSSR count). The molecule has 0 radical (unpaired) electrons. The number of nitrogens with two attached hydrogens (primary N) is 1. The minimum Gasteiger partial charge on any atom is -0.444 e. The lowest BCUT2D eigenvalue weighted by atomic mass is 9.85. The number of fused-ring (bicyclic) bond motifs is 1. The Morgan fingerprint density at radius 1 is 1.15 bits per heavy atom. The van der Waals surface area contributed by atoms with Crippen LogP contribution in [0.15, 0.2) is 42.9 Å². The second-order valence-electron chi connectivity index (χ2n) is 11.8. The Morgan fingerprint density at radius 2 is 1.88 bits per heavy atom. The summed E-state index contributed by atoms with van der Waals surface area (Å²) in [6.07, 6.45) is 4.14. The number of anilines is 1. The molecule has 11 nitrogen and oxygen atoms in total. The van der Waals surface area contributed by atoms with Crippen LogP contribution in [0.2, 0.25) is 5.02 Å². The molecule has 12 heteroatoms. The fourth-order valence-electron chi connectivity index (χ4n) is 5.61. The van der Waals surface area contributed by atoms with Crippen LogP contribution in [0.1, 0.15) is 45.6 Å². The number of benzene rings is 1. The zero-order valence-corrected chi connectivity index (χ0v) is 24.5. The van der Waals surface area contributed by atoms with E-state index in [1.54, 1.807) is 20.8 Å². The Balaban J connectivity index is 1.40. The van der Waals surface area contributed by atoms with Gasteiger partial charge >= 0.3 is 6.09 Å². The van der Waals surface area contributed by atoms with Gasteiger partial charge in [-0.3, -0.25) is 4.79 Å². The number of hydrogen-bond acceptors (Lipinski definition) is 8. The first-order valence-corrected chi connectivity index (χ1v) is 14.3. The lowest BCUT2D eigenvalue weighted by molar-refractivity contribution is -0.130. The number of halogens is 1. The van der Waals surface area contributed by atoms with Crippen LogP contribution in [-0.2, 0) is 19.8 Å². The van der Waals surface area contributed by atoms with Crippen LogP contribution in [0, 0.1) is 5.92 Å². The molecule has 0 unspecified atom stereocenters. The van der Waals surface area contributed by atoms with Crippen molar-refractivity contribution in [2.75, 3.05) is 37.7 Å². The van der Waals surface area contributed by atoms with E-state index in [9.17, 15) is 9.59 Å². The Kier molecular flexibility index (Phi) is 8.13. The van der Waals surface area contributed by atoms with E-state index in [1.807, 2.05) is 36.5 Å². The van der Waals surface area contributed by atoms with E-state index >= 15 is 0 Å². The monoisotopic (exact) mass is 583 g/mol. The summed E-state index contributed by atoms with van der Waals surface area (Å²) in [5, 5.41) is 7.81. The minimum absolute atomic E-state index is 0.0562. The first kappa shape index (κ1) is 29.1. The van der Waals surface area contributed by atoms with Crippen molar-refractivity contribution in [3.05, 3.63) is 53.4 Å². The quantitative estimate of drug-likeness (QED) is 0.280. The molecule has 0 bridgehead atoms. The second-order valence-corrected chi connectivity index (χ2v) is 12.3. The maximum absolute atomic E-state index is 14.3. The summed E-state index contributed by atoms with van der Waals surface area (Å²) < 4.78 is 11.3. The van der Waals surface area contributed by atoms with Gasteiger partial charge in [-0.15, -0.1) is 0 Å². The zero-order valence-electron chi connectivity index (χ0n) is 23.7. The molecule has 1 saturated carbocycles. The second kappa shape index (κ2) is 11.5. The third kappa shape index (κ3) is 6.27. The minimum atomic E-state index is -1.19. The van der Waals surface area contributed by atoms with Gasteiger partial charge in [0.25, 0.3) is 0 Å². The number of aromatic nitrogens is 3. The number of aromatic amines is 1. The molecule has 5 N–H and O–H groups in total.